The van der Waals surface area contributed by atoms with Crippen LogP contribution < -0.4 is 14.8 Å². The number of methoxy groups -OCH3 is 1. The lowest BCUT2D eigenvalue weighted by atomic mass is 10.1. The van der Waals surface area contributed by atoms with E-state index in [-0.39, 0.29) is 12.5 Å². The van der Waals surface area contributed by atoms with Gasteiger partial charge in [-0.2, -0.15) is 0 Å². The molecule has 4 nitrogen and oxygen atoms in total. The summed E-state index contributed by atoms with van der Waals surface area (Å²) < 4.78 is 10.6. The topological polar surface area (TPSA) is 47.6 Å². The van der Waals surface area contributed by atoms with Gasteiger partial charge in [0.05, 0.1) is 7.11 Å². The van der Waals surface area contributed by atoms with E-state index in [1.54, 1.807) is 31.4 Å². The van der Waals surface area contributed by atoms with Crippen LogP contribution in [0.25, 0.3) is 0 Å². The molecule has 0 atom stereocenters. The first-order chi connectivity index (χ1) is 10.1. The number of hydrogen-bond acceptors (Lipinski definition) is 3. The summed E-state index contributed by atoms with van der Waals surface area (Å²) in [4.78, 5) is 11.8. The lowest BCUT2D eigenvalue weighted by Gasteiger charge is -2.09. The molecule has 1 N–H and O–H groups in total. The summed E-state index contributed by atoms with van der Waals surface area (Å²) in [6.45, 7) is 3.98. The minimum atomic E-state index is -0.195. The maximum atomic E-state index is 11.8. The minimum absolute atomic E-state index is 0.0189. The van der Waals surface area contributed by atoms with Crippen LogP contribution >= 0.6 is 0 Å². The minimum Gasteiger partial charge on any atom is -0.497 e. The maximum Gasteiger partial charge on any atom is 0.262 e. The molecule has 2 aromatic rings. The van der Waals surface area contributed by atoms with Crippen molar-refractivity contribution in [2.75, 3.05) is 19.0 Å². The van der Waals surface area contributed by atoms with E-state index < -0.39 is 0 Å². The Kier molecular flexibility index (Phi) is 4.82. The zero-order valence-corrected chi connectivity index (χ0v) is 12.5. The molecule has 0 saturated carbocycles. The normalized spacial score (nSPS) is 10.0. The van der Waals surface area contributed by atoms with Crippen LogP contribution in [0.15, 0.2) is 42.5 Å². The van der Waals surface area contributed by atoms with Crippen molar-refractivity contribution < 1.29 is 14.3 Å². The molecule has 0 heterocycles. The predicted octanol–water partition coefficient (Wildman–Crippen LogP) is 3.33. The van der Waals surface area contributed by atoms with Crippen LogP contribution in [0, 0.1) is 13.8 Å². The van der Waals surface area contributed by atoms with Gasteiger partial charge in [-0.05, 0) is 61.4 Å². The van der Waals surface area contributed by atoms with Crippen LogP contribution in [0.4, 0.5) is 5.69 Å². The number of hydrogen-bond donors (Lipinski definition) is 1. The highest BCUT2D eigenvalue weighted by Gasteiger charge is 2.04. The second kappa shape index (κ2) is 6.79. The fraction of sp³-hybridized carbons (Fsp3) is 0.235. The Morgan fingerprint density at radius 3 is 2.19 bits per heavy atom. The van der Waals surface area contributed by atoms with Crippen LogP contribution in [-0.2, 0) is 4.79 Å². The van der Waals surface area contributed by atoms with Gasteiger partial charge in [0, 0.05) is 5.69 Å². The molecule has 0 fully saturated rings. The Balaban J connectivity index is 1.89. The van der Waals surface area contributed by atoms with Gasteiger partial charge < -0.3 is 14.8 Å². The SMILES string of the molecule is COc1ccc(NC(=O)COc2cc(C)cc(C)c2)cc1. The number of anilines is 1. The Bertz CT molecular complexity index is 600. The molecular weight excluding hydrogens is 266 g/mol. The zero-order valence-electron chi connectivity index (χ0n) is 12.5. The van der Waals surface area contributed by atoms with Gasteiger partial charge >= 0.3 is 0 Å². The van der Waals surface area contributed by atoms with Crippen molar-refractivity contribution in [2.45, 2.75) is 13.8 Å². The average Bonchev–Trinajstić information content (AvgIpc) is 2.45. The zero-order chi connectivity index (χ0) is 15.2. The molecule has 0 radical (unpaired) electrons. The largest absolute Gasteiger partial charge is 0.497 e. The predicted molar refractivity (Wildman–Crippen MR) is 83.0 cm³/mol. The van der Waals surface area contributed by atoms with Gasteiger partial charge in [0.1, 0.15) is 11.5 Å². The Labute approximate surface area is 124 Å². The van der Waals surface area contributed by atoms with E-state index in [2.05, 4.69) is 11.4 Å². The molecular formula is C17H19NO3. The first kappa shape index (κ1) is 14.9. The van der Waals surface area contributed by atoms with E-state index in [1.165, 1.54) is 0 Å². The number of aryl methyl sites for hydroxylation is 2. The highest BCUT2D eigenvalue weighted by Crippen LogP contribution is 2.17. The van der Waals surface area contributed by atoms with Gasteiger partial charge in [0.2, 0.25) is 0 Å². The van der Waals surface area contributed by atoms with Crippen LogP contribution in [0.1, 0.15) is 11.1 Å². The van der Waals surface area contributed by atoms with Gasteiger partial charge in [-0.1, -0.05) is 6.07 Å². The summed E-state index contributed by atoms with van der Waals surface area (Å²) >= 11 is 0. The molecule has 0 aliphatic rings. The lowest BCUT2D eigenvalue weighted by molar-refractivity contribution is -0.118. The van der Waals surface area contributed by atoms with Crippen molar-refractivity contribution in [2.24, 2.45) is 0 Å². The fourth-order valence-electron chi connectivity index (χ4n) is 2.04. The molecule has 1 amide bonds. The van der Waals surface area contributed by atoms with E-state index in [0.717, 1.165) is 16.9 Å². The van der Waals surface area contributed by atoms with Gasteiger partial charge in [0.15, 0.2) is 6.61 Å². The molecule has 110 valence electrons. The van der Waals surface area contributed by atoms with E-state index in [4.69, 9.17) is 9.47 Å². The van der Waals surface area contributed by atoms with Crippen molar-refractivity contribution in [1.29, 1.82) is 0 Å². The summed E-state index contributed by atoms with van der Waals surface area (Å²) in [7, 11) is 1.60. The van der Waals surface area contributed by atoms with Gasteiger partial charge in [-0.15, -0.1) is 0 Å². The quantitative estimate of drug-likeness (QED) is 0.916. The second-order valence-corrected chi connectivity index (χ2v) is 4.89. The van der Waals surface area contributed by atoms with Crippen LogP contribution in [0.5, 0.6) is 11.5 Å². The van der Waals surface area contributed by atoms with Crippen molar-refractivity contribution in [1.82, 2.24) is 0 Å². The van der Waals surface area contributed by atoms with E-state index >= 15 is 0 Å². The molecule has 4 heteroatoms. The van der Waals surface area contributed by atoms with Crippen LogP contribution in [0.3, 0.4) is 0 Å². The summed E-state index contributed by atoms with van der Waals surface area (Å²) in [6.07, 6.45) is 0. The first-order valence-electron chi connectivity index (χ1n) is 6.72. The highest BCUT2D eigenvalue weighted by atomic mass is 16.5. The molecule has 0 bridgehead atoms. The van der Waals surface area contributed by atoms with Crippen molar-refractivity contribution in [3.63, 3.8) is 0 Å². The van der Waals surface area contributed by atoms with Gasteiger partial charge in [-0.3, -0.25) is 4.79 Å². The third-order valence-electron chi connectivity index (χ3n) is 2.94. The van der Waals surface area contributed by atoms with E-state index in [9.17, 15) is 4.79 Å². The van der Waals surface area contributed by atoms with Crippen molar-refractivity contribution in [3.8, 4) is 11.5 Å². The molecule has 0 unspecified atom stereocenters. The molecule has 0 saturated heterocycles. The highest BCUT2D eigenvalue weighted by molar-refractivity contribution is 5.91. The Hall–Kier alpha value is -2.49. The number of rotatable bonds is 5. The molecule has 2 aromatic carbocycles. The van der Waals surface area contributed by atoms with Crippen molar-refractivity contribution in [3.05, 3.63) is 53.6 Å². The summed E-state index contributed by atoms with van der Waals surface area (Å²) in [5, 5.41) is 2.77. The fourth-order valence-corrected chi connectivity index (χ4v) is 2.04. The smallest absolute Gasteiger partial charge is 0.262 e. The number of carbonyl (C=O) groups is 1. The van der Waals surface area contributed by atoms with Crippen LogP contribution in [-0.4, -0.2) is 19.6 Å². The molecule has 0 spiro atoms. The number of benzene rings is 2. The summed E-state index contributed by atoms with van der Waals surface area (Å²) in [6, 6.07) is 13.0. The second-order valence-electron chi connectivity index (χ2n) is 4.89. The van der Waals surface area contributed by atoms with E-state index in [1.807, 2.05) is 26.0 Å². The molecule has 2 rings (SSSR count). The first-order valence-corrected chi connectivity index (χ1v) is 6.72. The molecule has 21 heavy (non-hydrogen) atoms. The van der Waals surface area contributed by atoms with Crippen molar-refractivity contribution >= 4 is 11.6 Å². The number of ether oxygens (including phenoxy) is 2. The van der Waals surface area contributed by atoms with Crippen LogP contribution in [0.2, 0.25) is 0 Å². The van der Waals surface area contributed by atoms with Gasteiger partial charge in [-0.25, -0.2) is 0 Å². The number of amides is 1. The van der Waals surface area contributed by atoms with Gasteiger partial charge in [0.25, 0.3) is 5.91 Å². The lowest BCUT2D eigenvalue weighted by Crippen LogP contribution is -2.20. The summed E-state index contributed by atoms with van der Waals surface area (Å²) in [5.74, 6) is 1.26. The molecule has 0 aromatic heterocycles. The Morgan fingerprint density at radius 1 is 1.00 bits per heavy atom. The number of carbonyl (C=O) groups excluding carboxylic acids is 1. The summed E-state index contributed by atoms with van der Waals surface area (Å²) in [5.41, 5.74) is 2.94. The molecule has 0 aliphatic heterocycles. The third-order valence-corrected chi connectivity index (χ3v) is 2.94. The Morgan fingerprint density at radius 2 is 1.62 bits per heavy atom. The average molecular weight is 285 g/mol. The molecule has 0 aliphatic carbocycles. The standard InChI is InChI=1S/C17H19NO3/c1-12-8-13(2)10-16(9-12)21-11-17(19)18-14-4-6-15(20-3)7-5-14/h4-10H,11H2,1-3H3,(H,18,19). The third kappa shape index (κ3) is 4.53. The number of nitrogens with one attached hydrogen (secondary N) is 1. The monoisotopic (exact) mass is 285 g/mol. The van der Waals surface area contributed by atoms with E-state index in [0.29, 0.717) is 11.4 Å². The maximum absolute atomic E-state index is 11.8.